The number of piperazine rings is 1. The molecule has 1 saturated heterocycles. The monoisotopic (exact) mass is 312 g/mol. The molecule has 1 unspecified atom stereocenters. The van der Waals surface area contributed by atoms with E-state index in [1.54, 1.807) is 11.8 Å². The molecule has 21 heavy (non-hydrogen) atoms. The Bertz CT molecular complexity index is 411. The van der Waals surface area contributed by atoms with Crippen molar-refractivity contribution in [3.05, 3.63) is 0 Å². The number of carbonyl (C=O) groups excluding carboxylic acids is 2. The second-order valence-corrected chi connectivity index (χ2v) is 8.33. The second-order valence-electron chi connectivity index (χ2n) is 7.35. The van der Waals surface area contributed by atoms with Crippen LogP contribution >= 0.6 is 11.8 Å². The van der Waals surface area contributed by atoms with E-state index in [0.29, 0.717) is 6.54 Å². The van der Waals surface area contributed by atoms with Crippen molar-refractivity contribution >= 4 is 23.6 Å². The topological polar surface area (TPSA) is 49.4 Å². The zero-order chi connectivity index (χ0) is 15.7. The first kappa shape index (κ1) is 16.7. The number of hydrogen-bond donors (Lipinski definition) is 1. The first-order chi connectivity index (χ1) is 9.83. The molecule has 4 nitrogen and oxygen atoms in total. The summed E-state index contributed by atoms with van der Waals surface area (Å²) in [6.45, 7) is 6.73. The van der Waals surface area contributed by atoms with Crippen LogP contribution in [0.5, 0.6) is 0 Å². The van der Waals surface area contributed by atoms with E-state index in [9.17, 15) is 9.59 Å². The highest BCUT2D eigenvalue weighted by molar-refractivity contribution is 7.98. The second kappa shape index (κ2) is 6.19. The van der Waals surface area contributed by atoms with Crippen LogP contribution in [0, 0.1) is 5.41 Å². The minimum Gasteiger partial charge on any atom is -0.342 e. The van der Waals surface area contributed by atoms with Crippen molar-refractivity contribution in [2.24, 2.45) is 5.41 Å². The Kier molecular flexibility index (Phi) is 4.91. The van der Waals surface area contributed by atoms with Gasteiger partial charge in [0, 0.05) is 12.3 Å². The quantitative estimate of drug-likeness (QED) is 0.871. The molecule has 1 aliphatic carbocycles. The molecule has 1 saturated carbocycles. The van der Waals surface area contributed by atoms with Crippen LogP contribution in [0.25, 0.3) is 0 Å². The van der Waals surface area contributed by atoms with E-state index in [2.05, 4.69) is 5.32 Å². The molecule has 1 spiro atoms. The molecule has 0 radical (unpaired) electrons. The van der Waals surface area contributed by atoms with Gasteiger partial charge in [-0.25, -0.2) is 0 Å². The van der Waals surface area contributed by atoms with Crippen LogP contribution in [0.15, 0.2) is 0 Å². The molecule has 2 rings (SSSR count). The fourth-order valence-corrected chi connectivity index (χ4v) is 3.91. The van der Waals surface area contributed by atoms with Crippen molar-refractivity contribution in [1.82, 2.24) is 10.2 Å². The van der Waals surface area contributed by atoms with E-state index in [0.717, 1.165) is 31.4 Å². The van der Waals surface area contributed by atoms with Crippen molar-refractivity contribution in [3.8, 4) is 0 Å². The molecule has 1 atom stereocenters. The first-order valence-electron chi connectivity index (χ1n) is 7.94. The summed E-state index contributed by atoms with van der Waals surface area (Å²) in [5.74, 6) is 1.07. The van der Waals surface area contributed by atoms with Crippen LogP contribution in [-0.2, 0) is 9.59 Å². The lowest BCUT2D eigenvalue weighted by Crippen LogP contribution is -2.73. The van der Waals surface area contributed by atoms with Gasteiger partial charge in [0.05, 0.1) is 0 Å². The van der Waals surface area contributed by atoms with Crippen molar-refractivity contribution in [1.29, 1.82) is 0 Å². The molecule has 1 aliphatic heterocycles. The summed E-state index contributed by atoms with van der Waals surface area (Å²) in [6, 6.07) is -0.403. The lowest BCUT2D eigenvalue weighted by Gasteiger charge is -2.52. The summed E-state index contributed by atoms with van der Waals surface area (Å²) in [5.41, 5.74) is -0.826. The number of carbonyl (C=O) groups is 2. The van der Waals surface area contributed by atoms with Gasteiger partial charge in [0.15, 0.2) is 0 Å². The minimum atomic E-state index is -0.577. The molecular formula is C16H28N2O2S. The smallest absolute Gasteiger partial charge is 0.246 e. The van der Waals surface area contributed by atoms with Gasteiger partial charge in [-0.2, -0.15) is 11.8 Å². The van der Waals surface area contributed by atoms with Gasteiger partial charge in [0.2, 0.25) is 11.8 Å². The van der Waals surface area contributed by atoms with Crippen LogP contribution < -0.4 is 5.32 Å². The third kappa shape index (κ3) is 3.08. The fraction of sp³-hybridized carbons (Fsp3) is 0.875. The largest absolute Gasteiger partial charge is 0.342 e. The van der Waals surface area contributed by atoms with Gasteiger partial charge < -0.3 is 10.2 Å². The Labute approximate surface area is 132 Å². The van der Waals surface area contributed by atoms with Gasteiger partial charge in [-0.1, -0.05) is 40.0 Å². The molecule has 0 aromatic heterocycles. The summed E-state index contributed by atoms with van der Waals surface area (Å²) < 4.78 is 0. The maximum Gasteiger partial charge on any atom is 0.246 e. The van der Waals surface area contributed by atoms with Crippen molar-refractivity contribution in [3.63, 3.8) is 0 Å². The standard InChI is InChI=1S/C16H28N2O2S/c1-15(2,3)12-13(19)18(10-11-21-4)16(14(20)17-12)8-6-5-7-9-16/h12H,5-11H2,1-4H3,(H,17,20). The molecule has 2 fully saturated rings. The van der Waals surface area contributed by atoms with E-state index < -0.39 is 11.6 Å². The highest BCUT2D eigenvalue weighted by atomic mass is 32.2. The lowest BCUT2D eigenvalue weighted by molar-refractivity contribution is -0.162. The average molecular weight is 312 g/mol. The van der Waals surface area contributed by atoms with Crippen LogP contribution in [0.1, 0.15) is 52.9 Å². The van der Waals surface area contributed by atoms with E-state index in [4.69, 9.17) is 0 Å². The number of rotatable bonds is 3. The predicted molar refractivity (Wildman–Crippen MR) is 87.3 cm³/mol. The molecule has 1 N–H and O–H groups in total. The third-order valence-electron chi connectivity index (χ3n) is 4.79. The molecular weight excluding hydrogens is 284 g/mol. The molecule has 2 aliphatic rings. The molecule has 2 amide bonds. The highest BCUT2D eigenvalue weighted by Gasteiger charge is 2.54. The van der Waals surface area contributed by atoms with Gasteiger partial charge >= 0.3 is 0 Å². The van der Waals surface area contributed by atoms with Gasteiger partial charge in [0.1, 0.15) is 11.6 Å². The molecule has 0 bridgehead atoms. The third-order valence-corrected chi connectivity index (χ3v) is 5.38. The molecule has 1 heterocycles. The van der Waals surface area contributed by atoms with E-state index in [1.165, 1.54) is 6.42 Å². The summed E-state index contributed by atoms with van der Waals surface area (Å²) in [4.78, 5) is 27.7. The van der Waals surface area contributed by atoms with Crippen molar-refractivity contribution in [2.45, 2.75) is 64.5 Å². The van der Waals surface area contributed by atoms with Gasteiger partial charge in [0.25, 0.3) is 0 Å². The molecule has 120 valence electrons. The normalized spacial score (nSPS) is 26.1. The Hall–Kier alpha value is -0.710. The van der Waals surface area contributed by atoms with Crippen LogP contribution in [-0.4, -0.2) is 46.8 Å². The number of amides is 2. The van der Waals surface area contributed by atoms with Gasteiger partial charge in [-0.15, -0.1) is 0 Å². The van der Waals surface area contributed by atoms with Crippen LogP contribution in [0.3, 0.4) is 0 Å². The molecule has 0 aromatic rings. The zero-order valence-corrected chi connectivity index (χ0v) is 14.5. The highest BCUT2D eigenvalue weighted by Crippen LogP contribution is 2.39. The SMILES string of the molecule is CSCCN1C(=O)C(C(C)(C)C)NC(=O)C12CCCCC2. The van der Waals surface area contributed by atoms with Gasteiger partial charge in [-0.3, -0.25) is 9.59 Å². The number of hydrogen-bond acceptors (Lipinski definition) is 3. The summed E-state index contributed by atoms with van der Waals surface area (Å²) in [7, 11) is 0. The Balaban J connectivity index is 2.32. The first-order valence-corrected chi connectivity index (χ1v) is 9.34. The number of nitrogens with one attached hydrogen (secondary N) is 1. The van der Waals surface area contributed by atoms with E-state index >= 15 is 0 Å². The Morgan fingerprint density at radius 1 is 1.24 bits per heavy atom. The van der Waals surface area contributed by atoms with Crippen molar-refractivity contribution < 1.29 is 9.59 Å². The summed E-state index contributed by atoms with van der Waals surface area (Å²) in [5, 5.41) is 3.04. The van der Waals surface area contributed by atoms with E-state index in [-0.39, 0.29) is 17.2 Å². The summed E-state index contributed by atoms with van der Waals surface area (Å²) in [6.07, 6.45) is 6.92. The molecule has 0 aromatic carbocycles. The summed E-state index contributed by atoms with van der Waals surface area (Å²) >= 11 is 1.73. The van der Waals surface area contributed by atoms with Gasteiger partial charge in [-0.05, 0) is 24.5 Å². The zero-order valence-electron chi connectivity index (χ0n) is 13.7. The Morgan fingerprint density at radius 2 is 1.86 bits per heavy atom. The maximum atomic E-state index is 13.0. The molecule has 5 heteroatoms. The lowest BCUT2D eigenvalue weighted by atomic mass is 9.74. The fourth-order valence-electron chi connectivity index (χ4n) is 3.54. The average Bonchev–Trinajstić information content (AvgIpc) is 2.43. The maximum absolute atomic E-state index is 13.0. The van der Waals surface area contributed by atoms with Crippen LogP contribution in [0.2, 0.25) is 0 Å². The predicted octanol–water partition coefficient (Wildman–Crippen LogP) is 2.43. The Morgan fingerprint density at radius 3 is 2.38 bits per heavy atom. The van der Waals surface area contributed by atoms with Crippen molar-refractivity contribution in [2.75, 3.05) is 18.6 Å². The minimum absolute atomic E-state index is 0.0721. The van der Waals surface area contributed by atoms with E-state index in [1.807, 2.05) is 31.9 Å². The number of thioether (sulfide) groups is 1. The number of nitrogens with zero attached hydrogens (tertiary/aromatic N) is 1. The van der Waals surface area contributed by atoms with Crippen LogP contribution in [0.4, 0.5) is 0 Å².